The molecule has 2 aromatic carbocycles. The predicted molar refractivity (Wildman–Crippen MR) is 127 cm³/mol. The first-order valence-electron chi connectivity index (χ1n) is 11.1. The van der Waals surface area contributed by atoms with E-state index in [0.717, 1.165) is 23.4 Å². The van der Waals surface area contributed by atoms with Gasteiger partial charge in [-0.25, -0.2) is 0 Å². The molecule has 0 saturated carbocycles. The molecule has 1 aliphatic heterocycles. The summed E-state index contributed by atoms with van der Waals surface area (Å²) in [6.45, 7) is 6.19. The molecule has 1 amide bonds. The summed E-state index contributed by atoms with van der Waals surface area (Å²) in [7, 11) is 0. The van der Waals surface area contributed by atoms with Crippen LogP contribution in [0.2, 0.25) is 5.02 Å². The van der Waals surface area contributed by atoms with E-state index in [2.05, 4.69) is 36.1 Å². The first-order chi connectivity index (χ1) is 16.4. The number of benzene rings is 2. The molecule has 0 radical (unpaired) electrons. The van der Waals surface area contributed by atoms with Crippen molar-refractivity contribution in [3.8, 4) is 5.75 Å². The molecule has 1 saturated heterocycles. The van der Waals surface area contributed by atoms with E-state index in [1.807, 2.05) is 29.1 Å². The molecule has 0 bridgehead atoms. The maximum Gasteiger partial charge on any atom is 0.573 e. The van der Waals surface area contributed by atoms with E-state index in [1.54, 1.807) is 12.1 Å². The summed E-state index contributed by atoms with van der Waals surface area (Å²) in [6, 6.07) is 13.8. The zero-order valence-corrected chi connectivity index (χ0v) is 20.2. The van der Waals surface area contributed by atoms with Gasteiger partial charge in [0.05, 0.1) is 17.3 Å². The highest BCUT2D eigenvalue weighted by molar-refractivity contribution is 6.30. The molecule has 10 heteroatoms. The van der Waals surface area contributed by atoms with Crippen molar-refractivity contribution in [1.29, 1.82) is 0 Å². The summed E-state index contributed by atoms with van der Waals surface area (Å²) >= 11 is 6.07. The van der Waals surface area contributed by atoms with Gasteiger partial charge in [-0.2, -0.15) is 5.10 Å². The highest BCUT2D eigenvalue weighted by atomic mass is 35.5. The highest BCUT2D eigenvalue weighted by Gasteiger charge is 2.40. The second-order valence-electron chi connectivity index (χ2n) is 9.51. The summed E-state index contributed by atoms with van der Waals surface area (Å²) in [5.74, 6) is -0.712. The smallest absolute Gasteiger partial charge is 0.406 e. The quantitative estimate of drug-likeness (QED) is 0.444. The van der Waals surface area contributed by atoms with Crippen LogP contribution in [0.15, 0.2) is 60.8 Å². The molecule has 1 aromatic heterocycles. The number of alkyl halides is 3. The molecule has 1 aliphatic rings. The number of aromatic nitrogens is 2. The van der Waals surface area contributed by atoms with E-state index in [9.17, 15) is 18.0 Å². The fourth-order valence-corrected chi connectivity index (χ4v) is 4.27. The molecule has 6 nitrogen and oxygen atoms in total. The van der Waals surface area contributed by atoms with Crippen LogP contribution in [-0.2, 0) is 10.3 Å². The van der Waals surface area contributed by atoms with E-state index in [-0.39, 0.29) is 29.2 Å². The molecule has 1 fully saturated rings. The van der Waals surface area contributed by atoms with Gasteiger partial charge in [-0.1, -0.05) is 23.7 Å². The van der Waals surface area contributed by atoms with Crippen molar-refractivity contribution in [3.05, 3.63) is 77.1 Å². The Bertz CT molecular complexity index is 1170. The standard InChI is InChI=1S/C25H26ClF3N4O2/c1-24(2,3)33-13-12-20(32-33)19-14-21(31-22(19)15-4-6-16(26)7-5-15)23(34)30-17-8-10-18(11-9-17)35-25(27,28)29/h4-13,19,21-22,31H,14H2,1-3H3,(H,30,34)/t19-,21-,22-/m0/s1. The Morgan fingerprint density at radius 2 is 1.74 bits per heavy atom. The first-order valence-corrected chi connectivity index (χ1v) is 11.5. The molecule has 35 heavy (non-hydrogen) atoms. The van der Waals surface area contributed by atoms with E-state index in [4.69, 9.17) is 16.7 Å². The van der Waals surface area contributed by atoms with Gasteiger partial charge < -0.3 is 10.1 Å². The highest BCUT2D eigenvalue weighted by Crippen LogP contribution is 2.40. The van der Waals surface area contributed by atoms with Crippen LogP contribution >= 0.6 is 11.6 Å². The lowest BCUT2D eigenvalue weighted by atomic mass is 9.90. The fraction of sp³-hybridized carbons (Fsp3) is 0.360. The summed E-state index contributed by atoms with van der Waals surface area (Å²) in [4.78, 5) is 13.1. The molecule has 0 unspecified atom stereocenters. The molecule has 3 atom stereocenters. The molecular formula is C25H26ClF3N4O2. The molecule has 2 heterocycles. The lowest BCUT2D eigenvalue weighted by Gasteiger charge is -2.21. The van der Waals surface area contributed by atoms with Crippen molar-refractivity contribution in [2.24, 2.45) is 0 Å². The van der Waals surface area contributed by atoms with Crippen molar-refractivity contribution in [2.45, 2.75) is 57.1 Å². The minimum Gasteiger partial charge on any atom is -0.406 e. The Hall–Kier alpha value is -3.04. The Labute approximate surface area is 206 Å². The number of carbonyl (C=O) groups excluding carboxylic acids is 1. The van der Waals surface area contributed by atoms with Gasteiger partial charge in [-0.15, -0.1) is 13.2 Å². The van der Waals surface area contributed by atoms with Crippen LogP contribution in [0.25, 0.3) is 0 Å². The largest absolute Gasteiger partial charge is 0.573 e. The van der Waals surface area contributed by atoms with Crippen LogP contribution in [0.4, 0.5) is 18.9 Å². The van der Waals surface area contributed by atoms with E-state index in [1.165, 1.54) is 12.1 Å². The average molecular weight is 507 g/mol. The van der Waals surface area contributed by atoms with Crippen LogP contribution < -0.4 is 15.4 Å². The lowest BCUT2D eigenvalue weighted by Crippen LogP contribution is -2.36. The number of carbonyl (C=O) groups is 1. The predicted octanol–water partition coefficient (Wildman–Crippen LogP) is 6.02. The topological polar surface area (TPSA) is 68.2 Å². The van der Waals surface area contributed by atoms with Gasteiger partial charge in [0.15, 0.2) is 0 Å². The van der Waals surface area contributed by atoms with Crippen LogP contribution in [0.1, 0.15) is 50.4 Å². The van der Waals surface area contributed by atoms with Gasteiger partial charge in [0.1, 0.15) is 5.75 Å². The van der Waals surface area contributed by atoms with Crippen molar-refractivity contribution < 1.29 is 22.7 Å². The lowest BCUT2D eigenvalue weighted by molar-refractivity contribution is -0.274. The Morgan fingerprint density at radius 3 is 2.31 bits per heavy atom. The zero-order valence-electron chi connectivity index (χ0n) is 19.4. The number of hydrogen-bond donors (Lipinski definition) is 2. The van der Waals surface area contributed by atoms with Gasteiger partial charge in [-0.3, -0.25) is 14.8 Å². The van der Waals surface area contributed by atoms with E-state index < -0.39 is 12.4 Å². The number of nitrogens with zero attached hydrogens (tertiary/aromatic N) is 2. The monoisotopic (exact) mass is 506 g/mol. The average Bonchev–Trinajstić information content (AvgIpc) is 3.42. The second-order valence-corrected chi connectivity index (χ2v) is 9.94. The van der Waals surface area contributed by atoms with Crippen LogP contribution in [0.3, 0.4) is 0 Å². The minimum absolute atomic E-state index is 0.0712. The maximum absolute atomic E-state index is 13.1. The Balaban J connectivity index is 1.53. The number of anilines is 1. The molecular weight excluding hydrogens is 481 g/mol. The molecule has 0 spiro atoms. The van der Waals surface area contributed by atoms with Crippen molar-refractivity contribution in [2.75, 3.05) is 5.32 Å². The number of ether oxygens (including phenoxy) is 1. The number of rotatable bonds is 5. The van der Waals surface area contributed by atoms with Gasteiger partial charge in [0, 0.05) is 28.9 Å². The third-order valence-electron chi connectivity index (χ3n) is 5.85. The molecule has 3 aromatic rings. The second kappa shape index (κ2) is 9.54. The van der Waals surface area contributed by atoms with Crippen LogP contribution in [-0.4, -0.2) is 28.1 Å². The summed E-state index contributed by atoms with van der Waals surface area (Å²) in [6.07, 6.45) is -2.34. The molecule has 4 rings (SSSR count). The van der Waals surface area contributed by atoms with E-state index >= 15 is 0 Å². The fourth-order valence-electron chi connectivity index (χ4n) is 4.14. The summed E-state index contributed by atoms with van der Waals surface area (Å²) < 4.78 is 42.9. The summed E-state index contributed by atoms with van der Waals surface area (Å²) in [5, 5.41) is 11.6. The van der Waals surface area contributed by atoms with Gasteiger partial charge in [0.2, 0.25) is 5.91 Å². The van der Waals surface area contributed by atoms with Gasteiger partial charge >= 0.3 is 6.36 Å². The number of hydrogen-bond acceptors (Lipinski definition) is 4. The van der Waals surface area contributed by atoms with E-state index in [0.29, 0.717) is 17.1 Å². The zero-order chi connectivity index (χ0) is 25.4. The normalized spacial score (nSPS) is 20.6. The molecule has 2 N–H and O–H groups in total. The van der Waals surface area contributed by atoms with Gasteiger partial charge in [-0.05, 0) is 75.2 Å². The Kier molecular flexibility index (Phi) is 6.83. The maximum atomic E-state index is 13.1. The minimum atomic E-state index is -4.77. The number of halogens is 4. The number of amides is 1. The Morgan fingerprint density at radius 1 is 1.09 bits per heavy atom. The van der Waals surface area contributed by atoms with Crippen LogP contribution in [0.5, 0.6) is 5.75 Å². The van der Waals surface area contributed by atoms with Crippen LogP contribution in [0, 0.1) is 0 Å². The third-order valence-corrected chi connectivity index (χ3v) is 6.10. The van der Waals surface area contributed by atoms with Crippen molar-refractivity contribution in [1.82, 2.24) is 15.1 Å². The third kappa shape index (κ3) is 6.15. The molecule has 186 valence electrons. The first kappa shape index (κ1) is 25.1. The summed E-state index contributed by atoms with van der Waals surface area (Å²) in [5.41, 5.74) is 2.04. The van der Waals surface area contributed by atoms with Crippen molar-refractivity contribution in [3.63, 3.8) is 0 Å². The SMILES string of the molecule is CC(C)(C)n1ccc([C@@H]2C[C@@H](C(=O)Nc3ccc(OC(F)(F)F)cc3)N[C@H]2c2ccc(Cl)cc2)n1. The molecule has 0 aliphatic carbocycles. The number of nitrogens with one attached hydrogen (secondary N) is 2. The van der Waals surface area contributed by atoms with Gasteiger partial charge in [0.25, 0.3) is 0 Å². The van der Waals surface area contributed by atoms with Crippen molar-refractivity contribution >= 4 is 23.2 Å².